The molecule has 1 aromatic heterocycles. The molecule has 0 N–H and O–H groups in total. The Kier molecular flexibility index (Phi) is 3.69. The van der Waals surface area contributed by atoms with E-state index in [4.69, 9.17) is 9.15 Å². The number of aryl methyl sites for hydroxylation is 1. The van der Waals surface area contributed by atoms with Crippen LogP contribution in [-0.4, -0.2) is 30.0 Å². The van der Waals surface area contributed by atoms with Gasteiger partial charge in [0.2, 0.25) is 5.91 Å². The minimum atomic E-state index is -0.413. The molecule has 2 rings (SSSR count). The molecule has 0 bridgehead atoms. The van der Waals surface area contributed by atoms with E-state index < -0.39 is 5.63 Å². The van der Waals surface area contributed by atoms with Crippen molar-refractivity contribution in [3.8, 4) is 5.75 Å². The number of carbonyl (C=O) groups excluding carboxylic acids is 1. The minimum absolute atomic E-state index is 0.0401. The molecule has 1 atom stereocenters. The highest BCUT2D eigenvalue weighted by Gasteiger charge is 2.26. The van der Waals surface area contributed by atoms with Crippen LogP contribution in [0.1, 0.15) is 25.5 Å². The van der Waals surface area contributed by atoms with Crippen LogP contribution in [0.2, 0.25) is 0 Å². The number of hydrogen-bond donors (Lipinski definition) is 0. The topological polar surface area (TPSA) is 59.8 Å². The van der Waals surface area contributed by atoms with Gasteiger partial charge in [0.15, 0.2) is 0 Å². The van der Waals surface area contributed by atoms with Gasteiger partial charge in [-0.15, -0.1) is 0 Å². The van der Waals surface area contributed by atoms with Crippen molar-refractivity contribution in [2.75, 3.05) is 13.1 Å². The zero-order valence-electron chi connectivity index (χ0n) is 10.6. The molecule has 98 valence electrons. The van der Waals surface area contributed by atoms with Gasteiger partial charge in [-0.1, -0.05) is 6.92 Å². The molecule has 1 aromatic rings. The van der Waals surface area contributed by atoms with Crippen molar-refractivity contribution in [1.82, 2.24) is 4.90 Å². The summed E-state index contributed by atoms with van der Waals surface area (Å²) in [5, 5.41) is 0. The lowest BCUT2D eigenvalue weighted by atomic mass is 10.3. The highest BCUT2D eigenvalue weighted by atomic mass is 16.5. The predicted octanol–water partition coefficient (Wildman–Crippen LogP) is 1.34. The van der Waals surface area contributed by atoms with Crippen molar-refractivity contribution in [3.63, 3.8) is 0 Å². The highest BCUT2D eigenvalue weighted by molar-refractivity contribution is 5.76. The summed E-state index contributed by atoms with van der Waals surface area (Å²) in [6.07, 6.45) is 1.27. The molecule has 1 unspecified atom stereocenters. The van der Waals surface area contributed by atoms with Gasteiger partial charge in [0.25, 0.3) is 0 Å². The van der Waals surface area contributed by atoms with Crippen molar-refractivity contribution in [3.05, 3.63) is 28.3 Å². The average molecular weight is 251 g/mol. The van der Waals surface area contributed by atoms with E-state index in [1.807, 2.05) is 6.92 Å². The fourth-order valence-corrected chi connectivity index (χ4v) is 2.11. The maximum atomic E-state index is 11.5. The third kappa shape index (κ3) is 2.91. The Morgan fingerprint density at radius 2 is 2.33 bits per heavy atom. The van der Waals surface area contributed by atoms with Gasteiger partial charge < -0.3 is 14.1 Å². The quantitative estimate of drug-likeness (QED) is 0.813. The summed E-state index contributed by atoms with van der Waals surface area (Å²) in [5.41, 5.74) is -0.413. The van der Waals surface area contributed by atoms with Gasteiger partial charge in [-0.2, -0.15) is 0 Å². The van der Waals surface area contributed by atoms with E-state index in [9.17, 15) is 9.59 Å². The summed E-state index contributed by atoms with van der Waals surface area (Å²) in [5.74, 6) is 1.18. The molecule has 18 heavy (non-hydrogen) atoms. The molecule has 1 amide bonds. The number of likely N-dealkylation sites (tertiary alicyclic amines) is 1. The largest absolute Gasteiger partial charge is 0.488 e. The second-order valence-electron chi connectivity index (χ2n) is 4.44. The van der Waals surface area contributed by atoms with Crippen LogP contribution in [0.25, 0.3) is 0 Å². The van der Waals surface area contributed by atoms with Crippen LogP contribution in [0, 0.1) is 6.92 Å². The van der Waals surface area contributed by atoms with Crippen molar-refractivity contribution in [2.45, 2.75) is 32.8 Å². The minimum Gasteiger partial charge on any atom is -0.488 e. The molecule has 1 aliphatic rings. The number of hydrogen-bond acceptors (Lipinski definition) is 4. The molecule has 1 fully saturated rings. The number of amides is 1. The third-order valence-corrected chi connectivity index (χ3v) is 2.97. The van der Waals surface area contributed by atoms with Gasteiger partial charge in [0, 0.05) is 25.5 Å². The molecule has 0 aliphatic carbocycles. The van der Waals surface area contributed by atoms with Crippen LogP contribution in [0.3, 0.4) is 0 Å². The maximum absolute atomic E-state index is 11.5. The number of ether oxygens (including phenoxy) is 1. The molecule has 0 radical (unpaired) electrons. The summed E-state index contributed by atoms with van der Waals surface area (Å²) in [7, 11) is 0. The van der Waals surface area contributed by atoms with Crippen LogP contribution >= 0.6 is 0 Å². The van der Waals surface area contributed by atoms with E-state index in [0.29, 0.717) is 24.5 Å². The Hall–Kier alpha value is -1.78. The lowest BCUT2D eigenvalue weighted by Gasteiger charge is -2.16. The molecule has 0 spiro atoms. The molecular formula is C13H17NO4. The number of nitrogens with zero attached hydrogens (tertiary/aromatic N) is 1. The lowest BCUT2D eigenvalue weighted by Crippen LogP contribution is -2.30. The van der Waals surface area contributed by atoms with Crippen molar-refractivity contribution in [1.29, 1.82) is 0 Å². The van der Waals surface area contributed by atoms with Gasteiger partial charge in [-0.25, -0.2) is 4.79 Å². The third-order valence-electron chi connectivity index (χ3n) is 2.97. The van der Waals surface area contributed by atoms with Crippen molar-refractivity contribution < 1.29 is 13.9 Å². The highest BCUT2D eigenvalue weighted by Crippen LogP contribution is 2.18. The summed E-state index contributed by atoms with van der Waals surface area (Å²) >= 11 is 0. The Bertz CT molecular complexity index is 494. The van der Waals surface area contributed by atoms with E-state index in [0.717, 1.165) is 13.0 Å². The van der Waals surface area contributed by atoms with Crippen LogP contribution in [0.5, 0.6) is 5.75 Å². The zero-order chi connectivity index (χ0) is 13.1. The standard InChI is InChI=1S/C13H17NO4/c1-3-12(15)14-5-4-10(8-14)18-11-6-9(2)17-13(16)7-11/h6-7,10H,3-5,8H2,1-2H3. The first-order valence-corrected chi connectivity index (χ1v) is 6.14. The summed E-state index contributed by atoms with van der Waals surface area (Å²) < 4.78 is 10.6. The Morgan fingerprint density at radius 1 is 1.56 bits per heavy atom. The molecule has 0 aromatic carbocycles. The monoisotopic (exact) mass is 251 g/mol. The fourth-order valence-electron chi connectivity index (χ4n) is 2.11. The number of carbonyl (C=O) groups is 1. The van der Waals surface area contributed by atoms with Gasteiger partial charge in [-0.3, -0.25) is 4.79 Å². The first-order valence-electron chi connectivity index (χ1n) is 6.14. The van der Waals surface area contributed by atoms with Gasteiger partial charge in [0.1, 0.15) is 17.6 Å². The number of rotatable bonds is 3. The Balaban J connectivity index is 1.99. The second kappa shape index (κ2) is 5.25. The van der Waals surface area contributed by atoms with Crippen LogP contribution in [0.15, 0.2) is 21.3 Å². The smallest absolute Gasteiger partial charge is 0.339 e. The normalized spacial score (nSPS) is 19.0. The fraction of sp³-hybridized carbons (Fsp3) is 0.538. The van der Waals surface area contributed by atoms with E-state index in [1.54, 1.807) is 17.9 Å². The van der Waals surface area contributed by atoms with Gasteiger partial charge >= 0.3 is 5.63 Å². The molecule has 1 aliphatic heterocycles. The molecule has 0 saturated carbocycles. The van der Waals surface area contributed by atoms with E-state index in [2.05, 4.69) is 0 Å². The lowest BCUT2D eigenvalue weighted by molar-refractivity contribution is -0.130. The predicted molar refractivity (Wildman–Crippen MR) is 65.6 cm³/mol. The van der Waals surface area contributed by atoms with E-state index in [1.165, 1.54) is 6.07 Å². The average Bonchev–Trinajstić information content (AvgIpc) is 2.75. The van der Waals surface area contributed by atoms with E-state index in [-0.39, 0.29) is 12.0 Å². The SMILES string of the molecule is CCC(=O)N1CCC(Oc2cc(C)oc(=O)c2)C1. The maximum Gasteiger partial charge on any atom is 0.339 e. The zero-order valence-corrected chi connectivity index (χ0v) is 10.6. The summed E-state index contributed by atoms with van der Waals surface area (Å²) in [6.45, 7) is 4.86. The molecule has 1 saturated heterocycles. The molecular weight excluding hydrogens is 234 g/mol. The molecule has 5 heteroatoms. The molecule has 2 heterocycles. The second-order valence-corrected chi connectivity index (χ2v) is 4.44. The van der Waals surface area contributed by atoms with E-state index >= 15 is 0 Å². The Morgan fingerprint density at radius 3 is 3.00 bits per heavy atom. The van der Waals surface area contributed by atoms with Crippen LogP contribution < -0.4 is 10.4 Å². The first-order chi connectivity index (χ1) is 8.58. The van der Waals surface area contributed by atoms with Crippen molar-refractivity contribution >= 4 is 5.91 Å². The molecule has 5 nitrogen and oxygen atoms in total. The Labute approximate surface area is 105 Å². The van der Waals surface area contributed by atoms with Crippen LogP contribution in [0.4, 0.5) is 0 Å². The summed E-state index contributed by atoms with van der Waals surface area (Å²) in [6, 6.07) is 3.02. The van der Waals surface area contributed by atoms with Crippen molar-refractivity contribution in [2.24, 2.45) is 0 Å². The van der Waals surface area contributed by atoms with Crippen LogP contribution in [-0.2, 0) is 4.79 Å². The van der Waals surface area contributed by atoms with Gasteiger partial charge in [-0.05, 0) is 6.92 Å². The first kappa shape index (κ1) is 12.7. The van der Waals surface area contributed by atoms with Gasteiger partial charge in [0.05, 0.1) is 12.6 Å². The summed E-state index contributed by atoms with van der Waals surface area (Å²) in [4.78, 5) is 24.5.